The molecule has 222 valence electrons. The monoisotopic (exact) mass is 593 g/mol. The van der Waals surface area contributed by atoms with Crippen LogP contribution in [0.3, 0.4) is 0 Å². The molecule has 2 aromatic heterocycles. The van der Waals surface area contributed by atoms with Gasteiger partial charge in [-0.25, -0.2) is 9.67 Å². The third-order valence-electron chi connectivity index (χ3n) is 8.47. The molecule has 14 heteroatoms. The van der Waals surface area contributed by atoms with Gasteiger partial charge in [0.05, 0.1) is 22.4 Å². The molecule has 3 heterocycles. The lowest BCUT2D eigenvalue weighted by Gasteiger charge is -2.67. The van der Waals surface area contributed by atoms with Crippen molar-refractivity contribution >= 4 is 5.97 Å². The topological polar surface area (TPSA) is 105 Å². The number of hydrogen-bond acceptors (Lipinski definition) is 7. The van der Waals surface area contributed by atoms with E-state index in [-0.39, 0.29) is 40.7 Å². The molecule has 1 aromatic carbocycles. The van der Waals surface area contributed by atoms with Crippen molar-refractivity contribution < 1.29 is 50.8 Å². The van der Waals surface area contributed by atoms with E-state index in [2.05, 4.69) is 19.6 Å². The molecule has 1 aliphatic heterocycles. The second kappa shape index (κ2) is 8.79. The van der Waals surface area contributed by atoms with Crippen LogP contribution in [0.5, 0.6) is 17.4 Å². The number of alkyl halides is 5. The van der Waals surface area contributed by atoms with Gasteiger partial charge in [0.15, 0.2) is 17.2 Å². The molecule has 3 saturated carbocycles. The Kier molecular flexibility index (Phi) is 5.63. The van der Waals surface area contributed by atoms with Crippen molar-refractivity contribution in [2.75, 3.05) is 0 Å². The lowest BCUT2D eigenvalue weighted by Crippen LogP contribution is -2.71. The van der Waals surface area contributed by atoms with E-state index in [0.29, 0.717) is 37.7 Å². The van der Waals surface area contributed by atoms with Gasteiger partial charge in [-0.3, -0.25) is 4.79 Å². The number of nitrogens with zero attached hydrogens (tertiary/aromatic N) is 3. The summed E-state index contributed by atoms with van der Waals surface area (Å²) in [5.74, 6) is -1.08. The zero-order valence-corrected chi connectivity index (χ0v) is 22.1. The summed E-state index contributed by atoms with van der Waals surface area (Å²) in [5.41, 5.74) is -1.35. The van der Waals surface area contributed by atoms with Gasteiger partial charge in [-0.15, -0.1) is 8.78 Å². The summed E-state index contributed by atoms with van der Waals surface area (Å²) in [5, 5.41) is 13.4. The molecule has 0 saturated heterocycles. The first-order valence-corrected chi connectivity index (χ1v) is 13.4. The van der Waals surface area contributed by atoms with E-state index < -0.39 is 47.4 Å². The number of carboxylic acid groups (broad SMARTS) is 1. The van der Waals surface area contributed by atoms with E-state index in [0.717, 1.165) is 0 Å². The average Bonchev–Trinajstić information content (AvgIpc) is 3.41. The van der Waals surface area contributed by atoms with Gasteiger partial charge in [0.2, 0.25) is 5.88 Å². The number of rotatable bonds is 7. The van der Waals surface area contributed by atoms with Gasteiger partial charge in [0.25, 0.3) is 0 Å². The summed E-state index contributed by atoms with van der Waals surface area (Å²) in [6.45, 7) is 1.65. The molecule has 0 amide bonds. The number of aliphatic carboxylic acids is 1. The van der Waals surface area contributed by atoms with Crippen LogP contribution in [0.4, 0.5) is 22.0 Å². The first kappa shape index (κ1) is 26.9. The molecule has 3 aromatic rings. The molecule has 1 unspecified atom stereocenters. The van der Waals surface area contributed by atoms with Crippen molar-refractivity contribution in [1.29, 1.82) is 0 Å². The van der Waals surface area contributed by atoms with Crippen LogP contribution in [0.15, 0.2) is 36.5 Å². The zero-order valence-electron chi connectivity index (χ0n) is 22.1. The molecule has 8 rings (SSSR count). The maximum Gasteiger partial charge on any atom is 0.586 e. The lowest BCUT2D eigenvalue weighted by molar-refractivity contribution is -0.300. The largest absolute Gasteiger partial charge is 0.586 e. The third-order valence-corrected chi connectivity index (χ3v) is 8.47. The van der Waals surface area contributed by atoms with E-state index in [1.54, 1.807) is 6.92 Å². The number of carbonyl (C=O) groups is 1. The van der Waals surface area contributed by atoms with E-state index in [4.69, 9.17) is 9.47 Å². The maximum absolute atomic E-state index is 14.1. The summed E-state index contributed by atoms with van der Waals surface area (Å²) in [6, 6.07) is 7.15. The molecule has 42 heavy (non-hydrogen) atoms. The highest BCUT2D eigenvalue weighted by molar-refractivity contribution is 5.79. The van der Waals surface area contributed by atoms with Crippen molar-refractivity contribution in [2.24, 2.45) is 5.41 Å². The molecule has 0 radical (unpaired) electrons. The predicted molar refractivity (Wildman–Crippen MR) is 131 cm³/mol. The molecule has 2 bridgehead atoms. The standard InChI is InChI=1S/C28H24F5N3O6/c1-14(15-5-6-18-20(9-15)42-28(32,33)41-18)39-21-10-16(7-8-34-21)36-22-17(23(35-36)27(29,30)31)3-2-4-19(22)40-26-11-25(12-26,13-26)24(37)38/h5-10,14,19H,2-4,11-13H2,1H3,(H,37,38)/t14-,19?,25?,26?/m1/s1. The Morgan fingerprint density at radius 3 is 2.60 bits per heavy atom. The number of halogens is 5. The number of aromatic nitrogens is 3. The summed E-state index contributed by atoms with van der Waals surface area (Å²) in [7, 11) is 0. The highest BCUT2D eigenvalue weighted by atomic mass is 19.4. The van der Waals surface area contributed by atoms with Gasteiger partial charge in [0.1, 0.15) is 12.2 Å². The minimum absolute atomic E-state index is 0.0584. The zero-order chi connectivity index (χ0) is 29.7. The molecular weight excluding hydrogens is 569 g/mol. The van der Waals surface area contributed by atoms with Gasteiger partial charge in [-0.05, 0) is 69.2 Å². The van der Waals surface area contributed by atoms with E-state index in [1.165, 1.54) is 41.2 Å². The minimum atomic E-state index is -4.70. The molecule has 1 N–H and O–H groups in total. The van der Waals surface area contributed by atoms with Gasteiger partial charge in [-0.1, -0.05) is 6.07 Å². The lowest BCUT2D eigenvalue weighted by atomic mass is 9.41. The average molecular weight is 594 g/mol. The van der Waals surface area contributed by atoms with Crippen molar-refractivity contribution in [1.82, 2.24) is 14.8 Å². The van der Waals surface area contributed by atoms with Crippen LogP contribution in [0.25, 0.3) is 5.69 Å². The molecular formula is C28H24F5N3O6. The molecule has 9 nitrogen and oxygen atoms in total. The van der Waals surface area contributed by atoms with Gasteiger partial charge < -0.3 is 24.1 Å². The third kappa shape index (κ3) is 4.26. The SMILES string of the molecule is C[C@@H](Oc1cc(-n2nc(C(F)(F)F)c3c2C(OC24CC(C(=O)O)(C2)C4)CCC3)ccn1)c1ccc2c(c1)OC(F)(F)O2. The molecule has 2 atom stereocenters. The fourth-order valence-electron chi connectivity index (χ4n) is 6.59. The Balaban J connectivity index is 1.18. The normalized spacial score (nSPS) is 27.4. The highest BCUT2D eigenvalue weighted by Gasteiger charge is 2.73. The van der Waals surface area contributed by atoms with E-state index >= 15 is 0 Å². The number of benzene rings is 1. The van der Waals surface area contributed by atoms with Crippen LogP contribution in [0.1, 0.15) is 73.8 Å². The Labute approximate surface area is 235 Å². The van der Waals surface area contributed by atoms with E-state index in [9.17, 15) is 31.9 Å². The predicted octanol–water partition coefficient (Wildman–Crippen LogP) is 6.15. The Morgan fingerprint density at radius 2 is 1.88 bits per heavy atom. The smallest absolute Gasteiger partial charge is 0.481 e. The summed E-state index contributed by atoms with van der Waals surface area (Å²) >= 11 is 0. The first-order valence-electron chi connectivity index (χ1n) is 13.4. The minimum Gasteiger partial charge on any atom is -0.481 e. The molecule has 0 spiro atoms. The van der Waals surface area contributed by atoms with Gasteiger partial charge in [-0.2, -0.15) is 18.3 Å². The van der Waals surface area contributed by atoms with E-state index in [1.807, 2.05) is 0 Å². The number of fused-ring (bicyclic) bond motifs is 2. The summed E-state index contributed by atoms with van der Waals surface area (Å²) < 4.78 is 91.5. The van der Waals surface area contributed by atoms with Crippen LogP contribution in [-0.2, 0) is 22.1 Å². The van der Waals surface area contributed by atoms with Crippen LogP contribution >= 0.6 is 0 Å². The number of hydrogen-bond donors (Lipinski definition) is 1. The molecule has 4 aliphatic carbocycles. The first-order chi connectivity index (χ1) is 19.8. The van der Waals surface area contributed by atoms with Crippen LogP contribution in [0, 0.1) is 5.41 Å². The van der Waals surface area contributed by atoms with Crippen molar-refractivity contribution in [3.63, 3.8) is 0 Å². The number of pyridine rings is 1. The van der Waals surface area contributed by atoms with Crippen molar-refractivity contribution in [3.05, 3.63) is 59.0 Å². The number of carboxylic acids is 1. The van der Waals surface area contributed by atoms with Crippen LogP contribution in [-0.4, -0.2) is 37.7 Å². The van der Waals surface area contributed by atoms with Crippen LogP contribution < -0.4 is 14.2 Å². The quantitative estimate of drug-likeness (QED) is 0.326. The molecule has 5 aliphatic rings. The molecule has 3 fully saturated rings. The van der Waals surface area contributed by atoms with Gasteiger partial charge in [0, 0.05) is 17.8 Å². The van der Waals surface area contributed by atoms with Gasteiger partial charge >= 0.3 is 18.4 Å². The Hall–Kier alpha value is -3.94. The Morgan fingerprint density at radius 1 is 1.14 bits per heavy atom. The second-order valence-corrected chi connectivity index (χ2v) is 11.4. The highest BCUT2D eigenvalue weighted by Crippen LogP contribution is 2.70. The number of ether oxygens (including phenoxy) is 4. The van der Waals surface area contributed by atoms with Crippen molar-refractivity contribution in [3.8, 4) is 23.1 Å². The fraction of sp³-hybridized carbons (Fsp3) is 0.464. The second-order valence-electron chi connectivity index (χ2n) is 11.4. The fourth-order valence-corrected chi connectivity index (χ4v) is 6.59. The van der Waals surface area contributed by atoms with Crippen molar-refractivity contribution in [2.45, 2.75) is 75.7 Å². The van der Waals surface area contributed by atoms with Crippen LogP contribution in [0.2, 0.25) is 0 Å². The summed E-state index contributed by atoms with van der Waals surface area (Å²) in [6.07, 6.45) is -6.38. The maximum atomic E-state index is 14.1. The summed E-state index contributed by atoms with van der Waals surface area (Å²) in [4.78, 5) is 15.7. The Bertz CT molecular complexity index is 1590.